The topological polar surface area (TPSA) is 61.0 Å². The van der Waals surface area contributed by atoms with Gasteiger partial charge in [0.1, 0.15) is 0 Å². The first kappa shape index (κ1) is 9.84. The second kappa shape index (κ2) is 3.90. The summed E-state index contributed by atoms with van der Waals surface area (Å²) >= 11 is 0. The fourth-order valence-electron chi connectivity index (χ4n) is 2.22. The summed E-state index contributed by atoms with van der Waals surface area (Å²) in [5.74, 6) is 0.761. The summed E-state index contributed by atoms with van der Waals surface area (Å²) in [5, 5.41) is 3.29. The third kappa shape index (κ3) is 1.61. The molecule has 2 aliphatic heterocycles. The Morgan fingerprint density at radius 1 is 1.19 bits per heavy atom. The largest absolute Gasteiger partial charge is 0.342 e. The van der Waals surface area contributed by atoms with Gasteiger partial charge in [0.05, 0.1) is 5.69 Å². The molecule has 0 spiro atoms. The number of rotatable bonds is 1. The maximum absolute atomic E-state index is 11.9. The second-order valence-electron chi connectivity index (χ2n) is 4.41. The van der Waals surface area contributed by atoms with Gasteiger partial charge in [0, 0.05) is 31.6 Å². The van der Waals surface area contributed by atoms with Crippen LogP contribution in [0.25, 0.3) is 0 Å². The number of aromatic amines is 1. The monoisotopic (exact) mass is 220 g/mol. The van der Waals surface area contributed by atoms with Crippen LogP contribution in [-0.4, -0.2) is 36.1 Å². The van der Waals surface area contributed by atoms with Crippen molar-refractivity contribution in [2.24, 2.45) is 0 Å². The number of hydrogen-bond acceptors (Lipinski definition) is 4. The molecule has 16 heavy (non-hydrogen) atoms. The molecule has 2 N–H and O–H groups in total. The molecule has 0 amide bonds. The van der Waals surface area contributed by atoms with Crippen molar-refractivity contribution in [3.8, 4) is 0 Å². The molecule has 0 atom stereocenters. The van der Waals surface area contributed by atoms with Crippen LogP contribution >= 0.6 is 0 Å². The average Bonchev–Trinajstić information content (AvgIpc) is 2.40. The van der Waals surface area contributed by atoms with Gasteiger partial charge >= 0.3 is 0 Å². The van der Waals surface area contributed by atoms with Crippen molar-refractivity contribution in [2.75, 3.05) is 31.1 Å². The Morgan fingerprint density at radius 3 is 2.75 bits per heavy atom. The Bertz CT molecular complexity index is 450. The number of anilines is 1. The van der Waals surface area contributed by atoms with Crippen molar-refractivity contribution in [3.05, 3.63) is 21.6 Å². The van der Waals surface area contributed by atoms with Crippen molar-refractivity contribution >= 4 is 5.95 Å². The fourth-order valence-corrected chi connectivity index (χ4v) is 2.22. The highest BCUT2D eigenvalue weighted by molar-refractivity contribution is 5.36. The molecule has 0 unspecified atom stereocenters. The normalized spacial score (nSPS) is 19.9. The molecule has 86 valence electrons. The van der Waals surface area contributed by atoms with Crippen LogP contribution in [0.1, 0.15) is 17.7 Å². The molecule has 3 rings (SSSR count). The molecule has 0 aliphatic carbocycles. The van der Waals surface area contributed by atoms with E-state index < -0.39 is 0 Å². The number of aromatic nitrogens is 2. The molecule has 0 radical (unpaired) electrons. The summed E-state index contributed by atoms with van der Waals surface area (Å²) in [5.41, 5.74) is 1.90. The lowest BCUT2D eigenvalue weighted by atomic mass is 10.1. The first-order valence-corrected chi connectivity index (χ1v) is 5.92. The first-order chi connectivity index (χ1) is 7.84. The Hall–Kier alpha value is -1.36. The summed E-state index contributed by atoms with van der Waals surface area (Å²) in [7, 11) is 0. The quantitative estimate of drug-likeness (QED) is 0.680. The van der Waals surface area contributed by atoms with E-state index in [1.807, 2.05) is 0 Å². The number of nitrogens with one attached hydrogen (secondary N) is 2. The number of hydrogen-bond donors (Lipinski definition) is 2. The SMILES string of the molecule is O=c1[nH]c(N2CCC2)nc2c1CCNCC2. The van der Waals surface area contributed by atoms with Crippen LogP contribution < -0.4 is 15.8 Å². The smallest absolute Gasteiger partial charge is 0.255 e. The summed E-state index contributed by atoms with van der Waals surface area (Å²) in [6, 6.07) is 0. The van der Waals surface area contributed by atoms with E-state index in [2.05, 4.69) is 20.2 Å². The lowest BCUT2D eigenvalue weighted by Crippen LogP contribution is -2.40. The number of fused-ring (bicyclic) bond motifs is 1. The molecule has 1 saturated heterocycles. The minimum absolute atomic E-state index is 0.0515. The Morgan fingerprint density at radius 2 is 2.00 bits per heavy atom. The van der Waals surface area contributed by atoms with E-state index in [0.717, 1.165) is 56.2 Å². The molecule has 0 saturated carbocycles. The third-order valence-electron chi connectivity index (χ3n) is 3.33. The number of nitrogens with zero attached hydrogens (tertiary/aromatic N) is 2. The molecular weight excluding hydrogens is 204 g/mol. The summed E-state index contributed by atoms with van der Waals surface area (Å²) in [6.45, 7) is 3.82. The summed E-state index contributed by atoms with van der Waals surface area (Å²) in [4.78, 5) is 21.5. The molecule has 5 heteroatoms. The number of H-pyrrole nitrogens is 1. The van der Waals surface area contributed by atoms with Gasteiger partial charge in [0.2, 0.25) is 5.95 Å². The van der Waals surface area contributed by atoms with E-state index in [1.54, 1.807) is 0 Å². The molecule has 2 aliphatic rings. The van der Waals surface area contributed by atoms with E-state index >= 15 is 0 Å². The van der Waals surface area contributed by atoms with Crippen LogP contribution in [0.5, 0.6) is 0 Å². The average molecular weight is 220 g/mol. The van der Waals surface area contributed by atoms with Crippen molar-refractivity contribution in [1.82, 2.24) is 15.3 Å². The standard InChI is InChI=1S/C11H16N4O/c16-10-8-2-4-12-5-3-9(8)13-11(14-10)15-6-1-7-15/h12H,1-7H2,(H,13,14,16). The van der Waals surface area contributed by atoms with Crippen LogP contribution in [0.2, 0.25) is 0 Å². The fraction of sp³-hybridized carbons (Fsp3) is 0.636. The maximum atomic E-state index is 11.9. The van der Waals surface area contributed by atoms with Crippen molar-refractivity contribution in [3.63, 3.8) is 0 Å². The highest BCUT2D eigenvalue weighted by Crippen LogP contribution is 2.16. The minimum atomic E-state index is 0.0515. The van der Waals surface area contributed by atoms with Gasteiger partial charge in [-0.15, -0.1) is 0 Å². The highest BCUT2D eigenvalue weighted by atomic mass is 16.1. The van der Waals surface area contributed by atoms with Crippen LogP contribution in [0.3, 0.4) is 0 Å². The molecule has 0 aromatic carbocycles. The molecule has 0 bridgehead atoms. The van der Waals surface area contributed by atoms with Crippen molar-refractivity contribution in [1.29, 1.82) is 0 Å². The maximum Gasteiger partial charge on any atom is 0.255 e. The highest BCUT2D eigenvalue weighted by Gasteiger charge is 2.20. The predicted octanol–water partition coefficient (Wildman–Crippen LogP) is -0.332. The van der Waals surface area contributed by atoms with E-state index in [4.69, 9.17) is 0 Å². The van der Waals surface area contributed by atoms with Crippen molar-refractivity contribution < 1.29 is 0 Å². The molecule has 3 heterocycles. The van der Waals surface area contributed by atoms with Gasteiger partial charge in [-0.1, -0.05) is 0 Å². The van der Waals surface area contributed by atoms with E-state index in [-0.39, 0.29) is 5.56 Å². The molecular formula is C11H16N4O. The molecule has 5 nitrogen and oxygen atoms in total. The second-order valence-corrected chi connectivity index (χ2v) is 4.41. The zero-order valence-electron chi connectivity index (χ0n) is 9.25. The van der Waals surface area contributed by atoms with Gasteiger partial charge in [-0.2, -0.15) is 0 Å². The van der Waals surface area contributed by atoms with E-state index in [0.29, 0.717) is 0 Å². The van der Waals surface area contributed by atoms with E-state index in [9.17, 15) is 4.79 Å². The van der Waals surface area contributed by atoms with E-state index in [1.165, 1.54) is 6.42 Å². The predicted molar refractivity (Wildman–Crippen MR) is 62.0 cm³/mol. The third-order valence-corrected chi connectivity index (χ3v) is 3.33. The van der Waals surface area contributed by atoms with Crippen LogP contribution in [0.15, 0.2) is 4.79 Å². The first-order valence-electron chi connectivity index (χ1n) is 5.92. The van der Waals surface area contributed by atoms with Crippen molar-refractivity contribution in [2.45, 2.75) is 19.3 Å². The molecule has 1 aromatic heterocycles. The Balaban J connectivity index is 2.01. The lowest BCUT2D eigenvalue weighted by Gasteiger charge is -2.31. The van der Waals surface area contributed by atoms with Gasteiger partial charge in [0.25, 0.3) is 5.56 Å². The lowest BCUT2D eigenvalue weighted by molar-refractivity contribution is 0.596. The molecule has 1 aromatic rings. The summed E-state index contributed by atoms with van der Waals surface area (Å²) < 4.78 is 0. The summed E-state index contributed by atoms with van der Waals surface area (Å²) in [6.07, 6.45) is 2.85. The zero-order chi connectivity index (χ0) is 11.0. The van der Waals surface area contributed by atoms with Crippen LogP contribution in [0, 0.1) is 0 Å². The van der Waals surface area contributed by atoms with Gasteiger partial charge in [-0.25, -0.2) is 4.98 Å². The zero-order valence-corrected chi connectivity index (χ0v) is 9.25. The minimum Gasteiger partial charge on any atom is -0.342 e. The molecule has 1 fully saturated rings. The van der Waals surface area contributed by atoms with Gasteiger partial charge < -0.3 is 10.2 Å². The van der Waals surface area contributed by atoms with Crippen LogP contribution in [-0.2, 0) is 12.8 Å². The Labute approximate surface area is 93.9 Å². The van der Waals surface area contributed by atoms with Gasteiger partial charge in [-0.3, -0.25) is 9.78 Å². The van der Waals surface area contributed by atoms with Gasteiger partial charge in [-0.05, 0) is 19.4 Å². The Kier molecular flexibility index (Phi) is 2.40. The van der Waals surface area contributed by atoms with Crippen LogP contribution in [0.4, 0.5) is 5.95 Å². The van der Waals surface area contributed by atoms with Gasteiger partial charge in [0.15, 0.2) is 0 Å².